The molecule has 5 nitrogen and oxygen atoms in total. The number of nitrogens with one attached hydrogen (secondary N) is 2. The summed E-state index contributed by atoms with van der Waals surface area (Å²) in [5.74, 6) is 0.330. The van der Waals surface area contributed by atoms with Gasteiger partial charge in [-0.15, -0.1) is 11.3 Å². The second kappa shape index (κ2) is 7.31. The van der Waals surface area contributed by atoms with Crippen LogP contribution < -0.4 is 10.6 Å². The van der Waals surface area contributed by atoms with Crippen molar-refractivity contribution in [2.75, 3.05) is 11.1 Å². The number of anilines is 1. The molecule has 1 aromatic carbocycles. The second-order valence-corrected chi connectivity index (χ2v) is 8.40. The highest BCUT2D eigenvalue weighted by atomic mass is 32.2. The molecule has 0 aliphatic heterocycles. The van der Waals surface area contributed by atoms with E-state index in [1.54, 1.807) is 0 Å². The van der Waals surface area contributed by atoms with Crippen LogP contribution in [0.2, 0.25) is 0 Å². The summed E-state index contributed by atoms with van der Waals surface area (Å²) >= 11 is 2.95. The standard InChI is InChI=1S/C16H21N3O2S2/c1-5-13(20)17-10-6-7-11-12(8-10)23-15(18-11)22-9-14(21)19-16(2,3)4/h6-8H,5,9H2,1-4H3,(H,17,20)(H,19,21). The van der Waals surface area contributed by atoms with Gasteiger partial charge in [-0.2, -0.15) is 0 Å². The first-order chi connectivity index (χ1) is 10.8. The zero-order chi connectivity index (χ0) is 17.0. The lowest BCUT2D eigenvalue weighted by atomic mass is 10.1. The quantitative estimate of drug-likeness (QED) is 0.807. The predicted molar refractivity (Wildman–Crippen MR) is 97.2 cm³/mol. The summed E-state index contributed by atoms with van der Waals surface area (Å²) in [5, 5.41) is 5.77. The van der Waals surface area contributed by atoms with E-state index in [4.69, 9.17) is 0 Å². The molecule has 0 saturated heterocycles. The van der Waals surface area contributed by atoms with E-state index in [-0.39, 0.29) is 17.4 Å². The highest BCUT2D eigenvalue weighted by Gasteiger charge is 2.15. The molecule has 2 N–H and O–H groups in total. The molecule has 0 fully saturated rings. The predicted octanol–water partition coefficient (Wildman–Crippen LogP) is 3.65. The number of fused-ring (bicyclic) bond motifs is 1. The van der Waals surface area contributed by atoms with Gasteiger partial charge in [-0.25, -0.2) is 4.98 Å². The van der Waals surface area contributed by atoms with E-state index < -0.39 is 0 Å². The summed E-state index contributed by atoms with van der Waals surface area (Å²) in [5.41, 5.74) is 1.43. The summed E-state index contributed by atoms with van der Waals surface area (Å²) < 4.78 is 1.85. The number of amides is 2. The Kier molecular flexibility index (Phi) is 5.64. The Hall–Kier alpha value is -1.60. The van der Waals surface area contributed by atoms with Crippen molar-refractivity contribution in [3.05, 3.63) is 18.2 Å². The van der Waals surface area contributed by atoms with Gasteiger partial charge in [0.05, 0.1) is 16.0 Å². The number of hydrogen-bond acceptors (Lipinski definition) is 5. The maximum Gasteiger partial charge on any atom is 0.230 e. The summed E-state index contributed by atoms with van der Waals surface area (Å²) in [6.07, 6.45) is 0.449. The largest absolute Gasteiger partial charge is 0.351 e. The van der Waals surface area contributed by atoms with Gasteiger partial charge in [0, 0.05) is 17.6 Å². The van der Waals surface area contributed by atoms with E-state index in [1.807, 2.05) is 45.9 Å². The molecule has 2 rings (SSSR count). The van der Waals surface area contributed by atoms with Gasteiger partial charge in [-0.05, 0) is 39.0 Å². The maximum absolute atomic E-state index is 11.9. The van der Waals surface area contributed by atoms with Gasteiger partial charge in [-0.3, -0.25) is 9.59 Å². The topological polar surface area (TPSA) is 71.1 Å². The molecule has 0 bridgehead atoms. The van der Waals surface area contributed by atoms with Crippen LogP contribution in [0, 0.1) is 0 Å². The smallest absolute Gasteiger partial charge is 0.230 e. The molecule has 124 valence electrons. The van der Waals surface area contributed by atoms with Crippen molar-refractivity contribution < 1.29 is 9.59 Å². The van der Waals surface area contributed by atoms with Crippen LogP contribution >= 0.6 is 23.1 Å². The zero-order valence-corrected chi connectivity index (χ0v) is 15.4. The number of thioether (sulfide) groups is 1. The number of aromatic nitrogens is 1. The molecular weight excluding hydrogens is 330 g/mol. The molecule has 1 aromatic heterocycles. The molecule has 0 saturated carbocycles. The van der Waals surface area contributed by atoms with Gasteiger partial charge >= 0.3 is 0 Å². The first kappa shape index (κ1) is 17.7. The fourth-order valence-electron chi connectivity index (χ4n) is 1.87. The van der Waals surface area contributed by atoms with E-state index in [2.05, 4.69) is 15.6 Å². The number of carbonyl (C=O) groups excluding carboxylic acids is 2. The maximum atomic E-state index is 11.9. The zero-order valence-electron chi connectivity index (χ0n) is 13.7. The van der Waals surface area contributed by atoms with Gasteiger partial charge in [0.1, 0.15) is 0 Å². The fourth-order valence-corrected chi connectivity index (χ4v) is 3.78. The number of benzene rings is 1. The minimum atomic E-state index is -0.225. The Bertz CT molecular complexity index is 720. The number of thiazole rings is 1. The first-order valence-corrected chi connectivity index (χ1v) is 9.21. The average Bonchev–Trinajstić information content (AvgIpc) is 2.85. The van der Waals surface area contributed by atoms with E-state index in [0.717, 1.165) is 20.2 Å². The highest BCUT2D eigenvalue weighted by Crippen LogP contribution is 2.31. The summed E-state index contributed by atoms with van der Waals surface area (Å²) in [6, 6.07) is 5.65. The van der Waals surface area contributed by atoms with Gasteiger partial charge in [0.15, 0.2) is 4.34 Å². The monoisotopic (exact) mass is 351 g/mol. The van der Waals surface area contributed by atoms with Crippen LogP contribution in [0.4, 0.5) is 5.69 Å². The Morgan fingerprint density at radius 3 is 2.65 bits per heavy atom. The van der Waals surface area contributed by atoms with Crippen molar-refractivity contribution in [1.29, 1.82) is 0 Å². The molecule has 0 atom stereocenters. The van der Waals surface area contributed by atoms with Crippen molar-refractivity contribution in [1.82, 2.24) is 10.3 Å². The minimum absolute atomic E-state index is 0.00217. The number of rotatable bonds is 5. The third-order valence-electron chi connectivity index (χ3n) is 2.81. The van der Waals surface area contributed by atoms with E-state index in [9.17, 15) is 9.59 Å². The number of carbonyl (C=O) groups is 2. The Balaban J connectivity index is 2.02. The van der Waals surface area contributed by atoms with Crippen molar-refractivity contribution in [3.63, 3.8) is 0 Å². The fraction of sp³-hybridized carbons (Fsp3) is 0.438. The molecule has 7 heteroatoms. The Morgan fingerprint density at radius 2 is 2.00 bits per heavy atom. The van der Waals surface area contributed by atoms with Crippen molar-refractivity contribution in [2.45, 2.75) is 44.0 Å². The summed E-state index contributed by atoms with van der Waals surface area (Å²) in [6.45, 7) is 7.69. The van der Waals surface area contributed by atoms with Gasteiger partial charge < -0.3 is 10.6 Å². The van der Waals surface area contributed by atoms with Crippen LogP contribution in [-0.4, -0.2) is 28.1 Å². The minimum Gasteiger partial charge on any atom is -0.351 e. The number of hydrogen-bond donors (Lipinski definition) is 2. The molecule has 23 heavy (non-hydrogen) atoms. The third kappa shape index (κ3) is 5.51. The van der Waals surface area contributed by atoms with E-state index in [0.29, 0.717) is 12.2 Å². The Labute approximate surface area is 144 Å². The van der Waals surface area contributed by atoms with Gasteiger partial charge in [0.2, 0.25) is 11.8 Å². The van der Waals surface area contributed by atoms with Crippen molar-refractivity contribution >= 4 is 50.8 Å². The normalized spacial score (nSPS) is 11.5. The van der Waals surface area contributed by atoms with Crippen LogP contribution in [0.5, 0.6) is 0 Å². The van der Waals surface area contributed by atoms with Gasteiger partial charge in [-0.1, -0.05) is 18.7 Å². The molecule has 2 amide bonds. The van der Waals surface area contributed by atoms with Crippen LogP contribution in [0.15, 0.2) is 22.5 Å². The SMILES string of the molecule is CCC(=O)Nc1ccc2nc(SCC(=O)NC(C)(C)C)sc2c1. The van der Waals surface area contributed by atoms with Crippen molar-refractivity contribution in [2.24, 2.45) is 0 Å². The molecule has 0 spiro atoms. The summed E-state index contributed by atoms with van der Waals surface area (Å²) in [7, 11) is 0. The van der Waals surface area contributed by atoms with Crippen LogP contribution in [0.3, 0.4) is 0 Å². The molecule has 1 heterocycles. The van der Waals surface area contributed by atoms with Crippen molar-refractivity contribution in [3.8, 4) is 0 Å². The average molecular weight is 351 g/mol. The van der Waals surface area contributed by atoms with E-state index in [1.165, 1.54) is 23.1 Å². The lowest BCUT2D eigenvalue weighted by Gasteiger charge is -2.19. The Morgan fingerprint density at radius 1 is 1.26 bits per heavy atom. The third-order valence-corrected chi connectivity index (χ3v) is 4.98. The number of nitrogens with zero attached hydrogens (tertiary/aromatic N) is 1. The van der Waals surface area contributed by atoms with Crippen LogP contribution in [-0.2, 0) is 9.59 Å². The van der Waals surface area contributed by atoms with Gasteiger partial charge in [0.25, 0.3) is 0 Å². The molecule has 0 aliphatic rings. The van der Waals surface area contributed by atoms with E-state index >= 15 is 0 Å². The molecule has 0 unspecified atom stereocenters. The second-order valence-electron chi connectivity index (χ2n) is 6.15. The lowest BCUT2D eigenvalue weighted by molar-refractivity contribution is -0.120. The molecular formula is C16H21N3O2S2. The molecule has 0 aliphatic carbocycles. The molecule has 2 aromatic rings. The van der Waals surface area contributed by atoms with Crippen LogP contribution in [0.25, 0.3) is 10.2 Å². The van der Waals surface area contributed by atoms with Crippen LogP contribution in [0.1, 0.15) is 34.1 Å². The highest BCUT2D eigenvalue weighted by molar-refractivity contribution is 8.01. The lowest BCUT2D eigenvalue weighted by Crippen LogP contribution is -2.41. The summed E-state index contributed by atoms with van der Waals surface area (Å²) in [4.78, 5) is 27.8. The molecule has 0 radical (unpaired) electrons. The first-order valence-electron chi connectivity index (χ1n) is 7.41.